The molecule has 0 saturated carbocycles. The van der Waals surface area contributed by atoms with Gasteiger partial charge in [0, 0.05) is 5.02 Å². The van der Waals surface area contributed by atoms with Crippen molar-refractivity contribution in [1.82, 2.24) is 15.0 Å². The topological polar surface area (TPSA) is 47.8 Å². The lowest BCUT2D eigenvalue weighted by Gasteiger charge is -2.09. The average molecular weight is 304 g/mol. The molecule has 0 amide bonds. The Kier molecular flexibility index (Phi) is 3.38. The Hall–Kier alpha value is -1.98. The van der Waals surface area contributed by atoms with Crippen LogP contribution in [0, 0.1) is 6.92 Å². The highest BCUT2D eigenvalue weighted by Crippen LogP contribution is 2.30. The molecule has 6 heteroatoms. The first-order valence-electron chi connectivity index (χ1n) is 5.92. The van der Waals surface area contributed by atoms with Crippen LogP contribution >= 0.6 is 22.9 Å². The van der Waals surface area contributed by atoms with Crippen molar-refractivity contribution < 1.29 is 4.79 Å². The Labute approximate surface area is 124 Å². The van der Waals surface area contributed by atoms with Gasteiger partial charge in [0.05, 0.1) is 10.6 Å². The van der Waals surface area contributed by atoms with E-state index in [0.29, 0.717) is 16.4 Å². The molecule has 4 nitrogen and oxygen atoms in total. The lowest BCUT2D eigenvalue weighted by Crippen LogP contribution is -2.02. The van der Waals surface area contributed by atoms with Crippen LogP contribution in [0.4, 0.5) is 0 Å². The Balaban J connectivity index is 2.28. The summed E-state index contributed by atoms with van der Waals surface area (Å²) >= 11 is 7.69. The van der Waals surface area contributed by atoms with E-state index >= 15 is 0 Å². The molecule has 0 unspecified atom stereocenters. The first-order valence-corrected chi connectivity index (χ1v) is 7.18. The Morgan fingerprint density at radius 1 is 1.30 bits per heavy atom. The van der Waals surface area contributed by atoms with Crippen LogP contribution in [0.2, 0.25) is 5.02 Å². The second-order valence-electron chi connectivity index (χ2n) is 4.21. The number of carbonyl (C=O) groups excluding carboxylic acids is 1. The molecule has 0 aliphatic rings. The first-order chi connectivity index (χ1) is 9.72. The van der Waals surface area contributed by atoms with Crippen molar-refractivity contribution in [3.05, 3.63) is 52.0 Å². The van der Waals surface area contributed by atoms with E-state index in [9.17, 15) is 4.79 Å². The molecular weight excluding hydrogens is 294 g/mol. The average Bonchev–Trinajstić information content (AvgIpc) is 3.09. The largest absolute Gasteiger partial charge is 0.296 e. The van der Waals surface area contributed by atoms with E-state index in [1.165, 1.54) is 11.3 Å². The van der Waals surface area contributed by atoms with E-state index in [-0.39, 0.29) is 0 Å². The summed E-state index contributed by atoms with van der Waals surface area (Å²) in [5, 5.41) is 10.7. The molecule has 0 bridgehead atoms. The minimum atomic E-state index is 0.326. The monoisotopic (exact) mass is 303 g/mol. The molecule has 0 atom stereocenters. The van der Waals surface area contributed by atoms with Crippen molar-refractivity contribution in [3.63, 3.8) is 0 Å². The maximum absolute atomic E-state index is 11.2. The van der Waals surface area contributed by atoms with Gasteiger partial charge in [0.2, 0.25) is 0 Å². The molecule has 0 aliphatic carbocycles. The quantitative estimate of drug-likeness (QED) is 0.692. The number of nitrogens with zero attached hydrogens (tertiary/aromatic N) is 3. The van der Waals surface area contributed by atoms with E-state index in [1.807, 2.05) is 42.6 Å². The predicted molar refractivity (Wildman–Crippen MR) is 79.8 cm³/mol. The molecule has 2 aromatic heterocycles. The van der Waals surface area contributed by atoms with Gasteiger partial charge in [-0.1, -0.05) is 28.9 Å². The van der Waals surface area contributed by atoms with Crippen LogP contribution in [-0.4, -0.2) is 21.3 Å². The van der Waals surface area contributed by atoms with Crippen molar-refractivity contribution in [1.29, 1.82) is 0 Å². The number of carbonyl (C=O) groups is 1. The van der Waals surface area contributed by atoms with Crippen LogP contribution < -0.4 is 0 Å². The fraction of sp³-hybridized carbons (Fsp3) is 0.0714. The normalized spacial score (nSPS) is 10.7. The molecule has 0 N–H and O–H groups in total. The smallest absolute Gasteiger partial charge is 0.172 e. The number of hydrogen-bond acceptors (Lipinski definition) is 4. The molecule has 0 aliphatic heterocycles. The summed E-state index contributed by atoms with van der Waals surface area (Å²) in [4.78, 5) is 12.1. The van der Waals surface area contributed by atoms with E-state index in [1.54, 1.807) is 4.68 Å². The molecule has 20 heavy (non-hydrogen) atoms. The van der Waals surface area contributed by atoms with Crippen molar-refractivity contribution in [3.8, 4) is 16.3 Å². The minimum Gasteiger partial charge on any atom is -0.296 e. The maximum Gasteiger partial charge on any atom is 0.172 e. The molecule has 1 aromatic carbocycles. The van der Waals surface area contributed by atoms with Crippen LogP contribution in [0.1, 0.15) is 16.1 Å². The lowest BCUT2D eigenvalue weighted by atomic mass is 10.2. The Morgan fingerprint density at radius 2 is 2.15 bits per heavy atom. The van der Waals surface area contributed by atoms with E-state index in [4.69, 9.17) is 11.6 Å². The molecule has 2 heterocycles. The third-order valence-electron chi connectivity index (χ3n) is 3.03. The first kappa shape index (κ1) is 13.0. The van der Waals surface area contributed by atoms with Crippen LogP contribution in [0.5, 0.6) is 0 Å². The van der Waals surface area contributed by atoms with Gasteiger partial charge in [0.15, 0.2) is 12.0 Å². The van der Waals surface area contributed by atoms with Gasteiger partial charge in [-0.15, -0.1) is 16.4 Å². The molecule has 3 rings (SSSR count). The van der Waals surface area contributed by atoms with Gasteiger partial charge in [0.25, 0.3) is 0 Å². The number of thiophene rings is 1. The molecular formula is C14H10ClN3OS. The second-order valence-corrected chi connectivity index (χ2v) is 5.57. The number of halogens is 1. The third-order valence-corrected chi connectivity index (χ3v) is 4.32. The number of aromatic nitrogens is 3. The van der Waals surface area contributed by atoms with Gasteiger partial charge < -0.3 is 0 Å². The predicted octanol–water partition coefficient (Wildman–Crippen LogP) is 3.77. The molecule has 0 radical (unpaired) electrons. The SMILES string of the molecule is Cc1c(Cl)cccc1-n1nnc(C=O)c1-c1cccs1. The fourth-order valence-electron chi connectivity index (χ4n) is 2.01. The Bertz CT molecular complexity index is 765. The zero-order chi connectivity index (χ0) is 14.1. The number of hydrogen-bond donors (Lipinski definition) is 0. The summed E-state index contributed by atoms with van der Waals surface area (Å²) in [6.45, 7) is 1.91. The van der Waals surface area contributed by atoms with Crippen molar-refractivity contribution >= 4 is 29.2 Å². The molecule has 0 spiro atoms. The number of rotatable bonds is 3. The molecule has 100 valence electrons. The van der Waals surface area contributed by atoms with Crippen LogP contribution in [0.15, 0.2) is 35.7 Å². The number of benzene rings is 1. The maximum atomic E-state index is 11.2. The van der Waals surface area contributed by atoms with Gasteiger partial charge in [-0.05, 0) is 36.1 Å². The van der Waals surface area contributed by atoms with E-state index in [2.05, 4.69) is 10.3 Å². The van der Waals surface area contributed by atoms with E-state index < -0.39 is 0 Å². The summed E-state index contributed by atoms with van der Waals surface area (Å²) < 4.78 is 1.66. The lowest BCUT2D eigenvalue weighted by molar-refractivity contribution is 0.111. The van der Waals surface area contributed by atoms with E-state index in [0.717, 1.165) is 22.4 Å². The second kappa shape index (κ2) is 5.19. The highest BCUT2D eigenvalue weighted by molar-refractivity contribution is 7.13. The Morgan fingerprint density at radius 3 is 2.85 bits per heavy atom. The highest BCUT2D eigenvalue weighted by atomic mass is 35.5. The zero-order valence-electron chi connectivity index (χ0n) is 10.6. The van der Waals surface area contributed by atoms with Gasteiger partial charge in [-0.25, -0.2) is 4.68 Å². The third kappa shape index (κ3) is 2.05. The summed E-state index contributed by atoms with van der Waals surface area (Å²) in [5.74, 6) is 0. The van der Waals surface area contributed by atoms with Crippen molar-refractivity contribution in [2.24, 2.45) is 0 Å². The highest BCUT2D eigenvalue weighted by Gasteiger charge is 2.18. The molecule has 0 saturated heterocycles. The summed E-state index contributed by atoms with van der Waals surface area (Å²) in [6.07, 6.45) is 0.721. The number of aldehydes is 1. The van der Waals surface area contributed by atoms with Crippen LogP contribution in [-0.2, 0) is 0 Å². The van der Waals surface area contributed by atoms with Crippen LogP contribution in [0.25, 0.3) is 16.3 Å². The fourth-order valence-corrected chi connectivity index (χ4v) is 2.94. The zero-order valence-corrected chi connectivity index (χ0v) is 12.1. The summed E-state index contributed by atoms with van der Waals surface area (Å²) in [5.41, 5.74) is 2.74. The summed E-state index contributed by atoms with van der Waals surface area (Å²) in [7, 11) is 0. The van der Waals surface area contributed by atoms with Gasteiger partial charge >= 0.3 is 0 Å². The van der Waals surface area contributed by atoms with Crippen molar-refractivity contribution in [2.45, 2.75) is 6.92 Å². The van der Waals surface area contributed by atoms with Crippen LogP contribution in [0.3, 0.4) is 0 Å². The minimum absolute atomic E-state index is 0.326. The molecule has 0 fully saturated rings. The van der Waals surface area contributed by atoms with Crippen molar-refractivity contribution in [2.75, 3.05) is 0 Å². The standard InChI is InChI=1S/C14H10ClN3OS/c1-9-10(15)4-2-5-12(9)18-14(11(8-19)16-17-18)13-6-3-7-20-13/h2-8H,1H3. The van der Waals surface area contributed by atoms with Gasteiger partial charge in [-0.2, -0.15) is 0 Å². The van der Waals surface area contributed by atoms with Gasteiger partial charge in [0.1, 0.15) is 5.69 Å². The molecule has 3 aromatic rings. The summed E-state index contributed by atoms with van der Waals surface area (Å²) in [6, 6.07) is 9.44. The van der Waals surface area contributed by atoms with Gasteiger partial charge in [-0.3, -0.25) is 4.79 Å².